The van der Waals surface area contributed by atoms with Crippen molar-refractivity contribution in [1.29, 1.82) is 0 Å². The maximum atomic E-state index is 13.6. The van der Waals surface area contributed by atoms with E-state index in [1.54, 1.807) is 12.1 Å². The zero-order valence-corrected chi connectivity index (χ0v) is 17.0. The zero-order chi connectivity index (χ0) is 19.7. The van der Waals surface area contributed by atoms with Gasteiger partial charge in [-0.3, -0.25) is 4.68 Å². The highest BCUT2D eigenvalue weighted by atomic mass is 19.1. The van der Waals surface area contributed by atoms with Crippen molar-refractivity contribution in [3.05, 3.63) is 72.2 Å². The van der Waals surface area contributed by atoms with Gasteiger partial charge in [-0.1, -0.05) is 63.2 Å². The summed E-state index contributed by atoms with van der Waals surface area (Å²) >= 11 is 0. The van der Waals surface area contributed by atoms with Crippen molar-refractivity contribution in [2.75, 3.05) is 18.1 Å². The Bertz CT molecular complexity index is 917. The van der Waals surface area contributed by atoms with Gasteiger partial charge in [0.2, 0.25) is 0 Å². The van der Waals surface area contributed by atoms with Crippen LogP contribution in [0.1, 0.15) is 45.2 Å². The Balaban J connectivity index is 1.93. The molecule has 3 aromatic rings. The van der Waals surface area contributed by atoms with Crippen molar-refractivity contribution in [2.45, 2.75) is 39.5 Å². The van der Waals surface area contributed by atoms with Crippen LogP contribution in [0.5, 0.6) is 0 Å². The Morgan fingerprint density at radius 1 is 0.893 bits per heavy atom. The van der Waals surface area contributed by atoms with Crippen LogP contribution in [-0.4, -0.2) is 17.8 Å². The van der Waals surface area contributed by atoms with Gasteiger partial charge in [0.1, 0.15) is 5.82 Å². The second-order valence-corrected chi connectivity index (χ2v) is 8.31. The molecule has 0 unspecified atom stereocenters. The lowest BCUT2D eigenvalue weighted by atomic mass is 10.00. The molecule has 0 saturated carbocycles. The number of rotatable bonds is 4. The van der Waals surface area contributed by atoms with Crippen LogP contribution < -0.4 is 5.01 Å². The Labute approximate surface area is 167 Å². The molecule has 0 amide bonds. The van der Waals surface area contributed by atoms with E-state index in [9.17, 15) is 4.39 Å². The summed E-state index contributed by atoms with van der Waals surface area (Å²) in [6.07, 6.45) is 2.44. The monoisotopic (exact) mass is 376 g/mol. The lowest BCUT2D eigenvalue weighted by Crippen LogP contribution is -2.42. The van der Waals surface area contributed by atoms with Crippen LogP contribution in [0.3, 0.4) is 0 Å². The number of aromatic nitrogens is 1. The van der Waals surface area contributed by atoms with Crippen LogP contribution in [0.2, 0.25) is 0 Å². The molecule has 1 aliphatic heterocycles. The summed E-state index contributed by atoms with van der Waals surface area (Å²) in [4.78, 5) is 0. The molecular formula is C25H29FN2. The van der Waals surface area contributed by atoms with Crippen molar-refractivity contribution < 1.29 is 4.39 Å². The van der Waals surface area contributed by atoms with Gasteiger partial charge in [-0.05, 0) is 48.4 Å². The predicted molar refractivity (Wildman–Crippen MR) is 116 cm³/mol. The van der Waals surface area contributed by atoms with E-state index in [2.05, 4.69) is 66.9 Å². The van der Waals surface area contributed by atoms with E-state index in [1.807, 2.05) is 12.1 Å². The van der Waals surface area contributed by atoms with Crippen molar-refractivity contribution in [3.63, 3.8) is 0 Å². The molecule has 0 N–H and O–H groups in total. The molecule has 1 aliphatic rings. The summed E-state index contributed by atoms with van der Waals surface area (Å²) in [5, 5.41) is 2.50. The summed E-state index contributed by atoms with van der Waals surface area (Å²) in [6, 6.07) is 19.8. The fraction of sp³-hybridized carbons (Fsp3) is 0.360. The lowest BCUT2D eigenvalue weighted by molar-refractivity contribution is 0.383. The van der Waals surface area contributed by atoms with Crippen LogP contribution in [0.25, 0.3) is 22.4 Å². The third-order valence-electron chi connectivity index (χ3n) is 5.84. The molecule has 146 valence electrons. The van der Waals surface area contributed by atoms with Gasteiger partial charge in [-0.25, -0.2) is 4.39 Å². The first-order valence-corrected chi connectivity index (χ1v) is 10.4. The average molecular weight is 377 g/mol. The van der Waals surface area contributed by atoms with E-state index in [0.29, 0.717) is 5.92 Å². The molecule has 0 aliphatic carbocycles. The highest BCUT2D eigenvalue weighted by Crippen LogP contribution is 2.38. The van der Waals surface area contributed by atoms with E-state index in [0.717, 1.165) is 24.6 Å². The highest BCUT2D eigenvalue weighted by molar-refractivity contribution is 5.83. The third kappa shape index (κ3) is 3.58. The minimum atomic E-state index is -0.196. The van der Waals surface area contributed by atoms with Crippen LogP contribution in [0.4, 0.5) is 4.39 Å². The van der Waals surface area contributed by atoms with Gasteiger partial charge in [0.15, 0.2) is 0 Å². The van der Waals surface area contributed by atoms with Crippen LogP contribution in [0.15, 0.2) is 60.7 Å². The molecule has 0 spiro atoms. The van der Waals surface area contributed by atoms with Crippen molar-refractivity contribution >= 4 is 0 Å². The smallest absolute Gasteiger partial charge is 0.123 e. The molecule has 2 aromatic carbocycles. The first-order valence-electron chi connectivity index (χ1n) is 10.4. The molecule has 3 heteroatoms. The Kier molecular flexibility index (Phi) is 5.25. The van der Waals surface area contributed by atoms with Gasteiger partial charge in [0, 0.05) is 29.9 Å². The number of hydrogen-bond donors (Lipinski definition) is 0. The molecular weight excluding hydrogens is 347 g/mol. The molecule has 1 fully saturated rings. The van der Waals surface area contributed by atoms with Gasteiger partial charge < -0.3 is 5.01 Å². The van der Waals surface area contributed by atoms with E-state index >= 15 is 0 Å². The lowest BCUT2D eigenvalue weighted by Gasteiger charge is -2.36. The molecule has 1 saturated heterocycles. The summed E-state index contributed by atoms with van der Waals surface area (Å²) in [5.41, 5.74) is 5.96. The quantitative estimate of drug-likeness (QED) is 0.508. The Hall–Kier alpha value is -2.55. The zero-order valence-electron chi connectivity index (χ0n) is 17.0. The minimum Gasteiger partial charge on any atom is -0.312 e. The van der Waals surface area contributed by atoms with Crippen molar-refractivity contribution in [1.82, 2.24) is 4.68 Å². The molecule has 0 radical (unpaired) electrons. The normalized spacial score (nSPS) is 15.4. The standard InChI is InChI=1S/C25H29FN2/c1-18(2)24-17-23(20-9-11-22(26)12-10-20)25(21-7-5-4-6-8-21)28(24)27-15-13-19(3)14-16-27/h4-12,17-19H,13-16H2,1-3H3. The fourth-order valence-electron chi connectivity index (χ4n) is 4.15. The summed E-state index contributed by atoms with van der Waals surface area (Å²) < 4.78 is 16.0. The van der Waals surface area contributed by atoms with E-state index < -0.39 is 0 Å². The van der Waals surface area contributed by atoms with E-state index in [4.69, 9.17) is 0 Å². The maximum absolute atomic E-state index is 13.6. The number of benzene rings is 2. The summed E-state index contributed by atoms with van der Waals surface area (Å²) in [7, 11) is 0. The number of nitrogens with zero attached hydrogens (tertiary/aromatic N) is 2. The highest BCUT2D eigenvalue weighted by Gasteiger charge is 2.25. The first-order chi connectivity index (χ1) is 13.5. The Morgan fingerprint density at radius 2 is 1.54 bits per heavy atom. The van der Waals surface area contributed by atoms with Gasteiger partial charge >= 0.3 is 0 Å². The summed E-state index contributed by atoms with van der Waals surface area (Å²) in [5.74, 6) is 0.987. The molecule has 0 bridgehead atoms. The predicted octanol–water partition coefficient (Wildman–Crippen LogP) is 6.45. The van der Waals surface area contributed by atoms with Crippen molar-refractivity contribution in [3.8, 4) is 22.4 Å². The SMILES string of the molecule is CC1CCN(n2c(C(C)C)cc(-c3ccc(F)cc3)c2-c2ccccc2)CC1. The van der Waals surface area contributed by atoms with Gasteiger partial charge in [0.25, 0.3) is 0 Å². The topological polar surface area (TPSA) is 8.17 Å². The van der Waals surface area contributed by atoms with Crippen molar-refractivity contribution in [2.24, 2.45) is 5.92 Å². The molecule has 4 rings (SSSR count). The molecule has 0 atom stereocenters. The van der Waals surface area contributed by atoms with E-state index in [-0.39, 0.29) is 5.82 Å². The fourth-order valence-corrected chi connectivity index (χ4v) is 4.15. The van der Waals surface area contributed by atoms with Gasteiger partial charge in [-0.2, -0.15) is 0 Å². The molecule has 1 aromatic heterocycles. The minimum absolute atomic E-state index is 0.196. The summed E-state index contributed by atoms with van der Waals surface area (Å²) in [6.45, 7) is 8.98. The molecule has 28 heavy (non-hydrogen) atoms. The Morgan fingerprint density at radius 3 is 2.14 bits per heavy atom. The van der Waals surface area contributed by atoms with Gasteiger partial charge in [0.05, 0.1) is 5.69 Å². The van der Waals surface area contributed by atoms with E-state index in [1.165, 1.54) is 35.4 Å². The molecule has 2 heterocycles. The van der Waals surface area contributed by atoms with Crippen LogP contribution in [-0.2, 0) is 0 Å². The van der Waals surface area contributed by atoms with Gasteiger partial charge in [-0.15, -0.1) is 0 Å². The van der Waals surface area contributed by atoms with Crippen LogP contribution in [0, 0.1) is 11.7 Å². The largest absolute Gasteiger partial charge is 0.312 e. The number of hydrogen-bond acceptors (Lipinski definition) is 1. The number of piperidine rings is 1. The molecule has 2 nitrogen and oxygen atoms in total. The second kappa shape index (κ2) is 7.83. The second-order valence-electron chi connectivity index (χ2n) is 8.31. The maximum Gasteiger partial charge on any atom is 0.123 e. The first kappa shape index (κ1) is 18.8. The van der Waals surface area contributed by atoms with Crippen LogP contribution >= 0.6 is 0 Å². The third-order valence-corrected chi connectivity index (χ3v) is 5.84. The average Bonchev–Trinajstić information content (AvgIpc) is 3.11. The number of halogens is 1.